The zero-order valence-corrected chi connectivity index (χ0v) is 32.6. The molecule has 6 rings (SSSR count). The van der Waals surface area contributed by atoms with Gasteiger partial charge in [0, 0.05) is 46.3 Å². The van der Waals surface area contributed by atoms with E-state index in [-0.39, 0.29) is 33.9 Å². The van der Waals surface area contributed by atoms with Crippen molar-refractivity contribution in [3.63, 3.8) is 0 Å². The highest BCUT2D eigenvalue weighted by Gasteiger charge is 2.32. The Labute approximate surface area is 341 Å². The van der Waals surface area contributed by atoms with Crippen LogP contribution in [0.1, 0.15) is 47.2 Å². The maximum absolute atomic E-state index is 13.0. The Hall–Kier alpha value is -6.96. The molecule has 0 spiro atoms. The molecule has 0 radical (unpaired) electrons. The van der Waals surface area contributed by atoms with Gasteiger partial charge in [0.05, 0.1) is 53.9 Å². The molecule has 0 unspecified atom stereocenters. The number of alkyl halides is 6. The summed E-state index contributed by atoms with van der Waals surface area (Å²) >= 11 is 4.86. The van der Waals surface area contributed by atoms with Crippen LogP contribution in [0, 0.1) is 19.8 Å². The molecule has 0 atom stereocenters. The summed E-state index contributed by atoms with van der Waals surface area (Å²) in [7, 11) is 0. The van der Waals surface area contributed by atoms with Gasteiger partial charge >= 0.3 is 23.8 Å². The van der Waals surface area contributed by atoms with Crippen LogP contribution < -0.4 is 5.73 Å². The zero-order chi connectivity index (χ0) is 44.4. The second-order valence-corrected chi connectivity index (χ2v) is 13.3. The summed E-state index contributed by atoms with van der Waals surface area (Å²) in [6.07, 6.45) is 1.36. The van der Waals surface area contributed by atoms with Gasteiger partial charge in [0.15, 0.2) is 11.6 Å². The minimum Gasteiger partial charge on any atom is -0.478 e. The topological polar surface area (TPSA) is 194 Å². The van der Waals surface area contributed by atoms with Crippen LogP contribution in [0.15, 0.2) is 95.1 Å². The molecule has 3 N–H and O–H groups in total. The number of hydrogen-bond donors (Lipinski definition) is 2. The van der Waals surface area contributed by atoms with E-state index in [0.29, 0.717) is 34.8 Å². The van der Waals surface area contributed by atoms with Crippen molar-refractivity contribution in [1.82, 2.24) is 29.5 Å². The highest BCUT2D eigenvalue weighted by Crippen LogP contribution is 2.34. The maximum Gasteiger partial charge on any atom is 0.416 e. The van der Waals surface area contributed by atoms with Crippen LogP contribution >= 0.6 is 11.6 Å². The van der Waals surface area contributed by atoms with Crippen LogP contribution in [0.5, 0.6) is 0 Å². The van der Waals surface area contributed by atoms with Gasteiger partial charge in [-0.1, -0.05) is 13.8 Å². The van der Waals surface area contributed by atoms with E-state index in [2.05, 4.69) is 24.9 Å². The lowest BCUT2D eigenvalue weighted by Crippen LogP contribution is -2.13. The number of amides is 1. The Morgan fingerprint density at radius 1 is 0.783 bits per heavy atom. The van der Waals surface area contributed by atoms with Crippen molar-refractivity contribution in [2.75, 3.05) is 6.61 Å². The number of ether oxygens (including phenoxy) is 1. The maximum atomic E-state index is 13.0. The third-order valence-electron chi connectivity index (χ3n) is 7.56. The molecule has 14 nitrogen and oxygen atoms in total. The van der Waals surface area contributed by atoms with Crippen LogP contribution in [0.2, 0.25) is 0 Å². The number of rotatable bonds is 10. The summed E-state index contributed by atoms with van der Waals surface area (Å²) in [5.74, 6) is -1.42. The predicted octanol–water partition coefficient (Wildman–Crippen LogP) is 9.31. The molecule has 0 saturated carbocycles. The molecule has 0 aliphatic carbocycles. The number of benzene rings is 2. The molecule has 0 bridgehead atoms. The van der Waals surface area contributed by atoms with Gasteiger partial charge in [0.2, 0.25) is 0 Å². The average molecular weight is 862 g/mol. The summed E-state index contributed by atoms with van der Waals surface area (Å²) in [5.41, 5.74) is 5.07. The van der Waals surface area contributed by atoms with E-state index in [1.54, 1.807) is 19.1 Å². The van der Waals surface area contributed by atoms with Crippen molar-refractivity contribution in [1.29, 1.82) is 0 Å². The fraction of sp³-hybridized carbons (Fsp3) is 0.205. The van der Waals surface area contributed by atoms with E-state index in [9.17, 15) is 45.8 Å². The summed E-state index contributed by atoms with van der Waals surface area (Å²) < 4.78 is 94.3. The predicted molar refractivity (Wildman–Crippen MR) is 205 cm³/mol. The van der Waals surface area contributed by atoms with Gasteiger partial charge in [-0.3, -0.25) is 4.79 Å². The number of aryl methyl sites for hydroxylation is 2. The first-order valence-corrected chi connectivity index (χ1v) is 17.5. The number of furan rings is 2. The number of carbonyl (C=O) groups excluding carboxylic acids is 2. The van der Waals surface area contributed by atoms with Gasteiger partial charge in [-0.05, 0) is 79.4 Å². The molecule has 6 aromatic rings. The molecule has 60 heavy (non-hydrogen) atoms. The SMILES string of the molecule is CC(C)COC(=O)Cl.Cc1cc(-c2ncn(/C=C(/C(=O)O)c3ccoc3)n2)cc(C(F)(F)F)c1.Cc1cc(-c2ncn(/C=C(/C(N)=O)c3ccoc3)n2)cc(C(F)(F)F)c1. The Kier molecular flexibility index (Phi) is 15.0. The van der Waals surface area contributed by atoms with Gasteiger partial charge in [-0.15, -0.1) is 10.2 Å². The number of nitrogens with two attached hydrogens (primary N) is 1. The molecule has 0 saturated heterocycles. The molecule has 0 aliphatic heterocycles. The summed E-state index contributed by atoms with van der Waals surface area (Å²) in [4.78, 5) is 40.9. The monoisotopic (exact) mass is 861 g/mol. The lowest BCUT2D eigenvalue weighted by atomic mass is 10.1. The lowest BCUT2D eigenvalue weighted by molar-refractivity contribution is -0.138. The Morgan fingerprint density at radius 2 is 1.22 bits per heavy atom. The Balaban J connectivity index is 0.000000224. The van der Waals surface area contributed by atoms with Crippen molar-refractivity contribution >= 4 is 52.5 Å². The fourth-order valence-corrected chi connectivity index (χ4v) is 5.02. The van der Waals surface area contributed by atoms with E-state index < -0.39 is 40.8 Å². The standard InChI is InChI=1S/C17H13F3N4O2.C17H12F3N3O3.C5H9ClO2/c1-10-4-12(6-13(5-10)17(18,19)20)16-22-9-24(23-16)7-14(15(21)25)11-2-3-26-8-11;1-10-4-12(6-13(5-10)17(18,19)20)15-21-9-23(22-15)7-14(16(24)25)11-2-3-26-8-11;1-4(2)3-8-5(6)7/h2-9H,1H3,(H2,21,25);2-9H,1H3,(H,24,25);4H,3H2,1-2H3/b2*14-7+;. The number of carbonyl (C=O) groups is 3. The van der Waals surface area contributed by atoms with Crippen molar-refractivity contribution in [3.05, 3.63) is 120 Å². The van der Waals surface area contributed by atoms with Crippen LogP contribution in [0.3, 0.4) is 0 Å². The van der Waals surface area contributed by atoms with Gasteiger partial charge in [0.1, 0.15) is 12.7 Å². The normalized spacial score (nSPS) is 12.0. The minimum absolute atomic E-state index is 0.0485. The molecular formula is C39H34ClF6N7O7. The molecule has 4 heterocycles. The first-order chi connectivity index (χ1) is 28.1. The Bertz CT molecular complexity index is 2310. The number of carboxylic acid groups (broad SMARTS) is 1. The largest absolute Gasteiger partial charge is 0.478 e. The lowest BCUT2D eigenvalue weighted by Gasteiger charge is -2.09. The van der Waals surface area contributed by atoms with Gasteiger partial charge in [0.25, 0.3) is 5.91 Å². The number of primary amides is 1. The summed E-state index contributed by atoms with van der Waals surface area (Å²) in [6, 6.07) is 10.1. The number of nitrogens with zero attached hydrogens (tertiary/aromatic N) is 6. The summed E-state index contributed by atoms with van der Waals surface area (Å²) in [6.45, 7) is 7.39. The van der Waals surface area contributed by atoms with E-state index in [1.807, 2.05) is 13.8 Å². The highest BCUT2D eigenvalue weighted by molar-refractivity contribution is 6.61. The van der Waals surface area contributed by atoms with E-state index in [4.69, 9.17) is 26.2 Å². The van der Waals surface area contributed by atoms with E-state index in [0.717, 1.165) is 28.9 Å². The molecule has 0 fully saturated rings. The molecule has 2 aromatic carbocycles. The van der Waals surface area contributed by atoms with E-state index >= 15 is 0 Å². The van der Waals surface area contributed by atoms with E-state index in [1.165, 1.54) is 73.8 Å². The van der Waals surface area contributed by atoms with Crippen molar-refractivity contribution in [2.24, 2.45) is 11.7 Å². The number of halogens is 7. The molecule has 316 valence electrons. The number of aliphatic carboxylic acids is 1. The van der Waals surface area contributed by atoms with Crippen LogP contribution in [0.25, 0.3) is 46.3 Å². The van der Waals surface area contributed by atoms with Crippen molar-refractivity contribution in [2.45, 2.75) is 40.0 Å². The quantitative estimate of drug-likeness (QED) is 0.0757. The summed E-state index contributed by atoms with van der Waals surface area (Å²) in [5, 5.41) is 17.4. The van der Waals surface area contributed by atoms with Crippen LogP contribution in [-0.2, 0) is 26.7 Å². The number of carboxylic acids is 1. The molecule has 0 aliphatic rings. The van der Waals surface area contributed by atoms with Gasteiger partial charge < -0.3 is 24.4 Å². The van der Waals surface area contributed by atoms with Crippen molar-refractivity contribution < 1.29 is 59.4 Å². The first-order valence-electron chi connectivity index (χ1n) is 17.2. The fourth-order valence-electron chi connectivity index (χ4n) is 4.96. The van der Waals surface area contributed by atoms with Gasteiger partial charge in [-0.2, -0.15) is 26.3 Å². The highest BCUT2D eigenvalue weighted by atomic mass is 35.5. The molecule has 21 heteroatoms. The number of aromatic nitrogens is 6. The average Bonchev–Trinajstić information content (AvgIpc) is 4.00. The Morgan fingerprint density at radius 3 is 1.55 bits per heavy atom. The molecule has 4 aromatic heterocycles. The minimum atomic E-state index is -4.49. The second kappa shape index (κ2) is 19.7. The van der Waals surface area contributed by atoms with Crippen LogP contribution in [-0.4, -0.2) is 58.5 Å². The first kappa shape index (κ1) is 45.7. The molecule has 1 amide bonds. The zero-order valence-electron chi connectivity index (χ0n) is 31.8. The second-order valence-electron chi connectivity index (χ2n) is 13.0. The number of hydrogen-bond acceptors (Lipinski definition) is 10. The third kappa shape index (κ3) is 13.3. The van der Waals surface area contributed by atoms with Crippen LogP contribution in [0.4, 0.5) is 31.1 Å². The third-order valence-corrected chi connectivity index (χ3v) is 7.67. The van der Waals surface area contributed by atoms with Gasteiger partial charge in [-0.25, -0.2) is 28.9 Å². The smallest absolute Gasteiger partial charge is 0.416 e. The van der Waals surface area contributed by atoms with Crippen molar-refractivity contribution in [3.8, 4) is 22.8 Å². The molecular weight excluding hydrogens is 828 g/mol.